The summed E-state index contributed by atoms with van der Waals surface area (Å²) in [6.45, 7) is 4.64. The van der Waals surface area contributed by atoms with E-state index in [4.69, 9.17) is 15.0 Å². The first-order valence-corrected chi connectivity index (χ1v) is 17.5. The number of hydrogen-bond acceptors (Lipinski definition) is 4. The smallest absolute Gasteiger partial charge is 0.235 e. The molecular weight excluding hydrogens is 617 g/mol. The molecule has 10 aromatic rings. The maximum absolute atomic E-state index is 5.46. The normalized spacial score (nSPS) is 13.7. The van der Waals surface area contributed by atoms with Gasteiger partial charge >= 0.3 is 0 Å². The fourth-order valence-corrected chi connectivity index (χ4v) is 9.71. The Balaban J connectivity index is 1.26. The summed E-state index contributed by atoms with van der Waals surface area (Å²) >= 11 is 1.87. The highest BCUT2D eigenvalue weighted by molar-refractivity contribution is 7.27. The van der Waals surface area contributed by atoms with Gasteiger partial charge in [-0.25, -0.2) is 9.97 Å². The molecule has 0 bridgehead atoms. The molecule has 4 nitrogen and oxygen atoms in total. The SMILES string of the molecule is CC1(C)c2ccccc2-c2ccc(-c3nc(-n4c5ccccc5c5c6sc7ccccc7c6c6ccccc6c54)nc4cccnc34)cc21. The molecule has 0 unspecified atom stereocenters. The minimum atomic E-state index is -0.123. The topological polar surface area (TPSA) is 43.6 Å². The second-order valence-electron chi connectivity index (χ2n) is 13.6. The van der Waals surface area contributed by atoms with Crippen LogP contribution in [0.1, 0.15) is 25.0 Å². The fourth-order valence-electron chi connectivity index (χ4n) is 8.44. The second kappa shape index (κ2) is 9.59. The third kappa shape index (κ3) is 3.55. The van der Waals surface area contributed by atoms with Gasteiger partial charge in [0.25, 0.3) is 0 Å². The molecule has 0 saturated carbocycles. The average Bonchev–Trinajstić information content (AvgIpc) is 3.78. The van der Waals surface area contributed by atoms with E-state index in [0.717, 1.165) is 33.3 Å². The van der Waals surface area contributed by atoms with E-state index in [2.05, 4.69) is 140 Å². The van der Waals surface area contributed by atoms with Crippen LogP contribution in [0.3, 0.4) is 0 Å². The highest BCUT2D eigenvalue weighted by Gasteiger charge is 2.35. The van der Waals surface area contributed by atoms with E-state index in [1.165, 1.54) is 64.0 Å². The van der Waals surface area contributed by atoms with Crippen molar-refractivity contribution in [1.82, 2.24) is 19.5 Å². The molecule has 0 aliphatic heterocycles. The summed E-state index contributed by atoms with van der Waals surface area (Å²) in [5.74, 6) is 0.648. The van der Waals surface area contributed by atoms with Gasteiger partial charge in [-0.1, -0.05) is 111 Å². The van der Waals surface area contributed by atoms with Crippen LogP contribution in [-0.2, 0) is 5.41 Å². The number of hydrogen-bond donors (Lipinski definition) is 0. The first kappa shape index (κ1) is 27.1. The van der Waals surface area contributed by atoms with Crippen LogP contribution in [0.15, 0.2) is 134 Å². The number of pyridine rings is 1. The van der Waals surface area contributed by atoms with Crippen LogP contribution in [0.25, 0.3) is 92.1 Å². The lowest BCUT2D eigenvalue weighted by molar-refractivity contribution is 0.660. The Kier molecular flexibility index (Phi) is 5.30. The minimum absolute atomic E-state index is 0.123. The largest absolute Gasteiger partial charge is 0.277 e. The molecule has 0 saturated heterocycles. The number of fused-ring (bicyclic) bond motifs is 14. The monoisotopic (exact) mass is 644 g/mol. The Bertz CT molecular complexity index is 3040. The first-order valence-electron chi connectivity index (χ1n) is 16.7. The van der Waals surface area contributed by atoms with E-state index in [0.29, 0.717) is 5.95 Å². The molecule has 0 spiro atoms. The van der Waals surface area contributed by atoms with Crippen molar-refractivity contribution in [1.29, 1.82) is 0 Å². The summed E-state index contributed by atoms with van der Waals surface area (Å²) in [5, 5.41) is 7.51. The van der Waals surface area contributed by atoms with Crippen molar-refractivity contribution in [3.05, 3.63) is 145 Å². The lowest BCUT2D eigenvalue weighted by atomic mass is 9.82. The van der Waals surface area contributed by atoms with Crippen LogP contribution < -0.4 is 0 Å². The van der Waals surface area contributed by atoms with Crippen molar-refractivity contribution in [2.24, 2.45) is 0 Å². The number of benzene rings is 6. The first-order chi connectivity index (χ1) is 24.1. The van der Waals surface area contributed by atoms with E-state index in [1.54, 1.807) is 0 Å². The standard InChI is InChI=1S/C44H28N4S/c1-44(2)32-17-8-5-12-26(32)27-22-21-25(24-33(27)44)39-40-34(18-11-23-45-40)46-43(47-39)48-35-19-9-6-15-30(35)38-41(48)29-14-4-3-13-28(29)37-31-16-7-10-20-36(31)49-42(37)38/h3-24H,1-2H3. The van der Waals surface area contributed by atoms with Gasteiger partial charge in [-0.05, 0) is 58.0 Å². The van der Waals surface area contributed by atoms with Gasteiger partial charge in [0.2, 0.25) is 5.95 Å². The average molecular weight is 645 g/mol. The number of para-hydroxylation sites is 1. The molecule has 1 aliphatic carbocycles. The maximum atomic E-state index is 5.46. The zero-order valence-corrected chi connectivity index (χ0v) is 27.7. The van der Waals surface area contributed by atoms with Crippen LogP contribution >= 0.6 is 11.3 Å². The number of thiophene rings is 1. The van der Waals surface area contributed by atoms with Crippen LogP contribution in [0, 0.1) is 0 Å². The molecule has 0 fully saturated rings. The van der Waals surface area contributed by atoms with E-state index in [9.17, 15) is 0 Å². The van der Waals surface area contributed by atoms with Crippen LogP contribution in [-0.4, -0.2) is 19.5 Å². The van der Waals surface area contributed by atoms with Crippen molar-refractivity contribution in [3.63, 3.8) is 0 Å². The molecule has 5 heteroatoms. The number of aromatic nitrogens is 4. The zero-order valence-electron chi connectivity index (χ0n) is 26.9. The molecule has 230 valence electrons. The quantitative estimate of drug-likeness (QED) is 0.188. The Labute approximate surface area is 286 Å². The van der Waals surface area contributed by atoms with E-state index in [1.807, 2.05) is 23.6 Å². The second-order valence-corrected chi connectivity index (χ2v) is 14.7. The van der Waals surface area contributed by atoms with Gasteiger partial charge in [0.1, 0.15) is 11.2 Å². The van der Waals surface area contributed by atoms with Crippen molar-refractivity contribution >= 4 is 75.1 Å². The third-order valence-corrected chi connectivity index (χ3v) is 11.8. The van der Waals surface area contributed by atoms with Crippen molar-refractivity contribution in [3.8, 4) is 28.3 Å². The molecule has 1 aliphatic rings. The van der Waals surface area contributed by atoms with Gasteiger partial charge in [0.15, 0.2) is 0 Å². The molecule has 6 aromatic carbocycles. The lowest BCUT2D eigenvalue weighted by Gasteiger charge is -2.22. The summed E-state index contributed by atoms with van der Waals surface area (Å²) in [5.41, 5.74) is 10.9. The van der Waals surface area contributed by atoms with Crippen molar-refractivity contribution in [2.45, 2.75) is 19.3 Å². The molecular formula is C44H28N4S. The molecule has 4 heterocycles. The Hall–Kier alpha value is -5.91. The lowest BCUT2D eigenvalue weighted by Crippen LogP contribution is -2.15. The summed E-state index contributed by atoms with van der Waals surface area (Å²) in [7, 11) is 0. The van der Waals surface area contributed by atoms with Crippen LogP contribution in [0.2, 0.25) is 0 Å². The molecule has 0 N–H and O–H groups in total. The summed E-state index contributed by atoms with van der Waals surface area (Å²) in [6, 6.07) is 45.9. The minimum Gasteiger partial charge on any atom is -0.277 e. The van der Waals surface area contributed by atoms with Crippen LogP contribution in [0.4, 0.5) is 0 Å². The number of rotatable bonds is 2. The molecule has 0 amide bonds. The fraction of sp³-hybridized carbons (Fsp3) is 0.0682. The summed E-state index contributed by atoms with van der Waals surface area (Å²) < 4.78 is 4.89. The molecule has 0 radical (unpaired) electrons. The predicted molar refractivity (Wildman–Crippen MR) is 205 cm³/mol. The summed E-state index contributed by atoms with van der Waals surface area (Å²) in [6.07, 6.45) is 1.84. The van der Waals surface area contributed by atoms with E-state index in [-0.39, 0.29) is 5.41 Å². The van der Waals surface area contributed by atoms with Crippen molar-refractivity contribution in [2.75, 3.05) is 0 Å². The zero-order chi connectivity index (χ0) is 32.4. The Morgan fingerprint density at radius 1 is 0.612 bits per heavy atom. The molecule has 4 aromatic heterocycles. The number of nitrogens with zero attached hydrogens (tertiary/aromatic N) is 4. The van der Waals surface area contributed by atoms with E-state index < -0.39 is 0 Å². The Morgan fingerprint density at radius 2 is 1.35 bits per heavy atom. The van der Waals surface area contributed by atoms with Gasteiger partial charge < -0.3 is 0 Å². The molecule has 11 rings (SSSR count). The highest BCUT2D eigenvalue weighted by Crippen LogP contribution is 2.50. The van der Waals surface area contributed by atoms with Gasteiger partial charge in [-0.3, -0.25) is 9.55 Å². The highest BCUT2D eigenvalue weighted by atomic mass is 32.1. The van der Waals surface area contributed by atoms with Gasteiger partial charge in [0.05, 0.1) is 16.6 Å². The van der Waals surface area contributed by atoms with Crippen LogP contribution in [0.5, 0.6) is 0 Å². The molecule has 49 heavy (non-hydrogen) atoms. The maximum Gasteiger partial charge on any atom is 0.235 e. The molecule has 0 atom stereocenters. The third-order valence-electron chi connectivity index (χ3n) is 10.6. The van der Waals surface area contributed by atoms with E-state index >= 15 is 0 Å². The Morgan fingerprint density at radius 3 is 2.24 bits per heavy atom. The van der Waals surface area contributed by atoms with Gasteiger partial charge in [0, 0.05) is 53.5 Å². The summed E-state index contributed by atoms with van der Waals surface area (Å²) in [4.78, 5) is 15.6. The van der Waals surface area contributed by atoms with Gasteiger partial charge in [-0.15, -0.1) is 11.3 Å². The van der Waals surface area contributed by atoms with Crippen molar-refractivity contribution < 1.29 is 0 Å². The predicted octanol–water partition coefficient (Wildman–Crippen LogP) is 11.6. The van der Waals surface area contributed by atoms with Gasteiger partial charge in [-0.2, -0.15) is 0 Å².